The van der Waals surface area contributed by atoms with Gasteiger partial charge in [-0.3, -0.25) is 9.69 Å². The van der Waals surface area contributed by atoms with Crippen LogP contribution >= 0.6 is 0 Å². The third-order valence-electron chi connectivity index (χ3n) is 5.66. The van der Waals surface area contributed by atoms with Crippen LogP contribution in [-0.4, -0.2) is 39.8 Å². The molecule has 0 atom stereocenters. The van der Waals surface area contributed by atoms with Gasteiger partial charge in [0.05, 0.1) is 39.1 Å². The fraction of sp³-hybridized carbons (Fsp3) is 0.308. The number of methoxy groups -OCH3 is 3. The number of benzene rings is 2. The Morgan fingerprint density at radius 1 is 0.939 bits per heavy atom. The van der Waals surface area contributed by atoms with Crippen LogP contribution < -0.4 is 19.1 Å². The first kappa shape index (κ1) is 23.9. The number of esters is 1. The maximum Gasteiger partial charge on any atom is 0.340 e. The van der Waals surface area contributed by atoms with Gasteiger partial charge in [0.25, 0.3) is 5.91 Å². The van der Waals surface area contributed by atoms with Gasteiger partial charge in [0.2, 0.25) is 5.75 Å². The minimum absolute atomic E-state index is 0.195. The van der Waals surface area contributed by atoms with Crippen LogP contribution in [0.5, 0.6) is 17.2 Å². The van der Waals surface area contributed by atoms with E-state index in [4.69, 9.17) is 18.9 Å². The molecule has 3 rings (SSSR count). The quantitative estimate of drug-likeness (QED) is 0.453. The van der Waals surface area contributed by atoms with Crippen LogP contribution in [0.4, 0.5) is 5.69 Å². The molecular weight excluding hydrogens is 422 g/mol. The molecule has 1 aliphatic rings. The van der Waals surface area contributed by atoms with Gasteiger partial charge in [0.1, 0.15) is 0 Å². The van der Waals surface area contributed by atoms with Gasteiger partial charge >= 0.3 is 5.97 Å². The van der Waals surface area contributed by atoms with Crippen LogP contribution in [0, 0.1) is 13.8 Å². The number of anilines is 1. The van der Waals surface area contributed by atoms with Crippen molar-refractivity contribution < 1.29 is 28.5 Å². The highest BCUT2D eigenvalue weighted by atomic mass is 16.5. The van der Waals surface area contributed by atoms with Crippen molar-refractivity contribution in [3.63, 3.8) is 0 Å². The Morgan fingerprint density at radius 2 is 1.64 bits per heavy atom. The van der Waals surface area contributed by atoms with Crippen molar-refractivity contribution in [1.29, 1.82) is 0 Å². The van der Waals surface area contributed by atoms with E-state index in [0.29, 0.717) is 34.2 Å². The summed E-state index contributed by atoms with van der Waals surface area (Å²) in [7, 11) is 4.54. The van der Waals surface area contributed by atoms with E-state index in [9.17, 15) is 9.59 Å². The lowest BCUT2D eigenvalue weighted by molar-refractivity contribution is -0.138. The first-order valence-corrected chi connectivity index (χ1v) is 10.6. The summed E-state index contributed by atoms with van der Waals surface area (Å²) in [6.45, 7) is 7.65. The van der Waals surface area contributed by atoms with E-state index < -0.39 is 5.97 Å². The lowest BCUT2D eigenvalue weighted by atomic mass is 10.0. The number of carbonyl (C=O) groups excluding carboxylic acids is 2. The van der Waals surface area contributed by atoms with Crippen molar-refractivity contribution in [2.45, 2.75) is 27.7 Å². The second-order valence-corrected chi connectivity index (χ2v) is 7.57. The predicted molar refractivity (Wildman–Crippen MR) is 127 cm³/mol. The molecule has 33 heavy (non-hydrogen) atoms. The molecule has 0 unspecified atom stereocenters. The van der Waals surface area contributed by atoms with Gasteiger partial charge < -0.3 is 18.9 Å². The first-order valence-electron chi connectivity index (χ1n) is 10.6. The number of rotatable bonds is 7. The third-order valence-corrected chi connectivity index (χ3v) is 5.66. The minimum Gasteiger partial charge on any atom is -0.493 e. The zero-order valence-corrected chi connectivity index (χ0v) is 20.1. The second-order valence-electron chi connectivity index (χ2n) is 7.57. The number of amides is 1. The summed E-state index contributed by atoms with van der Waals surface area (Å²) >= 11 is 0. The monoisotopic (exact) mass is 451 g/mol. The summed E-state index contributed by atoms with van der Waals surface area (Å²) in [6, 6.07) is 9.21. The summed E-state index contributed by atoms with van der Waals surface area (Å²) in [5.74, 6) is 0.395. The lowest BCUT2D eigenvalue weighted by Crippen LogP contribution is -2.24. The maximum atomic E-state index is 13.6. The number of hydrogen-bond acceptors (Lipinski definition) is 6. The van der Waals surface area contributed by atoms with E-state index in [1.165, 1.54) is 26.2 Å². The molecule has 1 heterocycles. The summed E-state index contributed by atoms with van der Waals surface area (Å²) in [4.78, 5) is 28.1. The Kier molecular flexibility index (Phi) is 7.11. The predicted octanol–water partition coefficient (Wildman–Crippen LogP) is 4.60. The molecule has 0 spiro atoms. The molecule has 7 heteroatoms. The van der Waals surface area contributed by atoms with Crippen LogP contribution in [0.2, 0.25) is 0 Å². The van der Waals surface area contributed by atoms with Gasteiger partial charge in [-0.25, -0.2) is 4.79 Å². The summed E-state index contributed by atoms with van der Waals surface area (Å²) in [6.07, 6.45) is 1.62. The average Bonchev–Trinajstić information content (AvgIpc) is 3.04. The SMILES string of the molecule is CCOC(=O)C1=C(C)N(c2ccc(C)c(C)c2)C(=O)/C1=C\c1ccc(OC)c(OC)c1OC. The Morgan fingerprint density at radius 3 is 2.21 bits per heavy atom. The molecule has 0 bridgehead atoms. The van der Waals surface area contributed by atoms with Gasteiger partial charge in [-0.2, -0.15) is 0 Å². The van der Waals surface area contributed by atoms with Crippen LogP contribution in [-0.2, 0) is 14.3 Å². The highest BCUT2D eigenvalue weighted by Crippen LogP contribution is 2.42. The number of nitrogens with zero attached hydrogens (tertiary/aromatic N) is 1. The van der Waals surface area contributed by atoms with E-state index in [2.05, 4.69) is 0 Å². The van der Waals surface area contributed by atoms with Crippen molar-refractivity contribution in [3.05, 3.63) is 63.9 Å². The van der Waals surface area contributed by atoms with Crippen LogP contribution in [0.15, 0.2) is 47.2 Å². The smallest absolute Gasteiger partial charge is 0.340 e. The number of ether oxygens (including phenoxy) is 4. The normalized spacial score (nSPS) is 14.7. The minimum atomic E-state index is -0.555. The molecule has 0 saturated carbocycles. The van der Waals surface area contributed by atoms with Crippen molar-refractivity contribution in [1.82, 2.24) is 0 Å². The van der Waals surface area contributed by atoms with Gasteiger partial charge in [0.15, 0.2) is 11.5 Å². The molecule has 0 N–H and O–H groups in total. The van der Waals surface area contributed by atoms with Gasteiger partial charge in [-0.15, -0.1) is 0 Å². The molecule has 7 nitrogen and oxygen atoms in total. The zero-order chi connectivity index (χ0) is 24.3. The summed E-state index contributed by atoms with van der Waals surface area (Å²) < 4.78 is 21.6. The average molecular weight is 452 g/mol. The summed E-state index contributed by atoms with van der Waals surface area (Å²) in [5.41, 5.74) is 4.35. The molecule has 0 fully saturated rings. The largest absolute Gasteiger partial charge is 0.493 e. The molecular formula is C26H29NO6. The van der Waals surface area contributed by atoms with Crippen molar-refractivity contribution in [3.8, 4) is 17.2 Å². The van der Waals surface area contributed by atoms with Crippen LogP contribution in [0.25, 0.3) is 6.08 Å². The van der Waals surface area contributed by atoms with E-state index >= 15 is 0 Å². The van der Waals surface area contributed by atoms with E-state index in [0.717, 1.165) is 11.1 Å². The fourth-order valence-corrected chi connectivity index (χ4v) is 3.85. The van der Waals surface area contributed by atoms with Crippen LogP contribution in [0.1, 0.15) is 30.5 Å². The number of carbonyl (C=O) groups is 2. The third kappa shape index (κ3) is 4.31. The molecule has 0 aliphatic carbocycles. The standard InChI is InChI=1S/C26H29NO6/c1-8-33-26(29)22-17(4)27(19-11-9-15(2)16(3)13-19)25(28)20(22)14-18-10-12-21(30-5)24(32-7)23(18)31-6/h9-14H,8H2,1-7H3/b20-14-. The molecule has 1 aliphatic heterocycles. The Hall–Kier alpha value is -3.74. The Labute approximate surface area is 194 Å². The molecule has 0 aromatic heterocycles. The van der Waals surface area contributed by atoms with Crippen molar-refractivity contribution >= 4 is 23.6 Å². The van der Waals surface area contributed by atoms with E-state index in [1.807, 2.05) is 32.0 Å². The zero-order valence-electron chi connectivity index (χ0n) is 20.1. The van der Waals surface area contributed by atoms with Gasteiger partial charge in [0, 0.05) is 16.9 Å². The number of aryl methyl sites for hydroxylation is 2. The van der Waals surface area contributed by atoms with Gasteiger partial charge in [-0.05, 0) is 69.2 Å². The maximum absolute atomic E-state index is 13.6. The molecule has 1 amide bonds. The second kappa shape index (κ2) is 9.81. The van der Waals surface area contributed by atoms with E-state index in [-0.39, 0.29) is 23.7 Å². The Bertz CT molecular complexity index is 1160. The fourth-order valence-electron chi connectivity index (χ4n) is 3.85. The van der Waals surface area contributed by atoms with Gasteiger partial charge in [-0.1, -0.05) is 6.07 Å². The van der Waals surface area contributed by atoms with Crippen molar-refractivity contribution in [2.24, 2.45) is 0 Å². The lowest BCUT2D eigenvalue weighted by Gasteiger charge is -2.19. The molecule has 0 radical (unpaired) electrons. The first-order chi connectivity index (χ1) is 15.8. The molecule has 2 aromatic carbocycles. The van der Waals surface area contributed by atoms with E-state index in [1.54, 1.807) is 32.1 Å². The van der Waals surface area contributed by atoms with Crippen molar-refractivity contribution in [2.75, 3.05) is 32.8 Å². The highest BCUT2D eigenvalue weighted by Gasteiger charge is 2.38. The number of allylic oxidation sites excluding steroid dienone is 1. The molecule has 2 aromatic rings. The summed E-state index contributed by atoms with van der Waals surface area (Å²) in [5, 5.41) is 0. The molecule has 174 valence electrons. The number of hydrogen-bond donors (Lipinski definition) is 0. The van der Waals surface area contributed by atoms with Crippen LogP contribution in [0.3, 0.4) is 0 Å². The topological polar surface area (TPSA) is 74.3 Å². The Balaban J connectivity index is 2.22. The highest BCUT2D eigenvalue weighted by molar-refractivity contribution is 6.24. The molecule has 0 saturated heterocycles.